The Morgan fingerprint density at radius 3 is 2.57 bits per heavy atom. The van der Waals surface area contributed by atoms with Crippen LogP contribution in [-0.4, -0.2) is 58.0 Å². The Balaban J connectivity index is 1.94. The molecular formula is C16H26N4O2S. The summed E-state index contributed by atoms with van der Waals surface area (Å²) in [6.45, 7) is 1.54. The fourth-order valence-electron chi connectivity index (χ4n) is 2.70. The molecule has 2 rings (SSSR count). The Bertz CT molecular complexity index is 656. The summed E-state index contributed by atoms with van der Waals surface area (Å²) in [5, 5.41) is 6.48. The van der Waals surface area contributed by atoms with Crippen LogP contribution in [0.3, 0.4) is 0 Å². The van der Waals surface area contributed by atoms with Crippen LogP contribution in [0, 0.1) is 0 Å². The Labute approximate surface area is 138 Å². The van der Waals surface area contributed by atoms with E-state index in [0.717, 1.165) is 6.54 Å². The summed E-state index contributed by atoms with van der Waals surface area (Å²) in [4.78, 5) is 6.33. The molecule has 1 unspecified atom stereocenters. The molecule has 1 aromatic rings. The van der Waals surface area contributed by atoms with Crippen molar-refractivity contribution in [1.29, 1.82) is 0 Å². The van der Waals surface area contributed by atoms with Crippen molar-refractivity contribution in [3.05, 3.63) is 35.4 Å². The highest BCUT2D eigenvalue weighted by Gasteiger charge is 2.28. The van der Waals surface area contributed by atoms with Crippen LogP contribution in [0.15, 0.2) is 29.3 Å². The highest BCUT2D eigenvalue weighted by atomic mass is 32.2. The van der Waals surface area contributed by atoms with Crippen molar-refractivity contribution in [3.8, 4) is 0 Å². The number of rotatable bonds is 5. The van der Waals surface area contributed by atoms with Crippen LogP contribution in [0.4, 0.5) is 0 Å². The topological polar surface area (TPSA) is 73.8 Å². The van der Waals surface area contributed by atoms with Gasteiger partial charge in [-0.05, 0) is 31.6 Å². The van der Waals surface area contributed by atoms with Crippen LogP contribution in [0.1, 0.15) is 17.5 Å². The first-order chi connectivity index (χ1) is 10.9. The summed E-state index contributed by atoms with van der Waals surface area (Å²) in [6.07, 6.45) is 0.639. The highest BCUT2D eigenvalue weighted by Crippen LogP contribution is 2.12. The van der Waals surface area contributed by atoms with Crippen molar-refractivity contribution in [2.45, 2.75) is 25.6 Å². The van der Waals surface area contributed by atoms with Crippen LogP contribution in [0.2, 0.25) is 0 Å². The monoisotopic (exact) mass is 338 g/mol. The quantitative estimate of drug-likeness (QED) is 0.608. The molecule has 23 heavy (non-hydrogen) atoms. The van der Waals surface area contributed by atoms with E-state index in [1.807, 2.05) is 26.2 Å². The van der Waals surface area contributed by atoms with E-state index in [-0.39, 0.29) is 17.5 Å². The maximum absolute atomic E-state index is 11.5. The number of sulfone groups is 1. The van der Waals surface area contributed by atoms with E-state index >= 15 is 0 Å². The van der Waals surface area contributed by atoms with E-state index in [2.05, 4.69) is 32.7 Å². The van der Waals surface area contributed by atoms with Crippen molar-refractivity contribution >= 4 is 15.8 Å². The van der Waals surface area contributed by atoms with Gasteiger partial charge in [0.25, 0.3) is 0 Å². The summed E-state index contributed by atoms with van der Waals surface area (Å²) in [5.41, 5.74) is 2.48. The third-order valence-electron chi connectivity index (χ3n) is 3.85. The molecular weight excluding hydrogens is 312 g/mol. The van der Waals surface area contributed by atoms with Crippen LogP contribution >= 0.6 is 0 Å². The average molecular weight is 338 g/mol. The average Bonchev–Trinajstić information content (AvgIpc) is 2.83. The molecule has 1 saturated heterocycles. The lowest BCUT2D eigenvalue weighted by atomic mass is 10.1. The Morgan fingerprint density at radius 2 is 2.00 bits per heavy atom. The zero-order valence-corrected chi connectivity index (χ0v) is 14.9. The lowest BCUT2D eigenvalue weighted by Crippen LogP contribution is -2.43. The molecule has 1 aromatic carbocycles. The molecule has 128 valence electrons. The number of benzene rings is 1. The molecule has 1 fully saturated rings. The molecule has 1 atom stereocenters. The predicted molar refractivity (Wildman–Crippen MR) is 94.2 cm³/mol. The van der Waals surface area contributed by atoms with Gasteiger partial charge in [-0.3, -0.25) is 4.99 Å². The van der Waals surface area contributed by atoms with E-state index in [0.29, 0.717) is 18.9 Å². The van der Waals surface area contributed by atoms with Crippen LogP contribution in [-0.2, 0) is 22.9 Å². The smallest absolute Gasteiger partial charge is 0.191 e. The molecule has 2 N–H and O–H groups in total. The first kappa shape index (κ1) is 17.7. The molecule has 1 aliphatic heterocycles. The van der Waals surface area contributed by atoms with Gasteiger partial charge in [-0.15, -0.1) is 0 Å². The normalized spacial score (nSPS) is 20.7. The lowest BCUT2D eigenvalue weighted by Gasteiger charge is -2.18. The highest BCUT2D eigenvalue weighted by molar-refractivity contribution is 7.91. The Morgan fingerprint density at radius 1 is 1.30 bits per heavy atom. The summed E-state index contributed by atoms with van der Waals surface area (Å²) >= 11 is 0. The number of nitrogens with one attached hydrogen (secondary N) is 2. The van der Waals surface area contributed by atoms with E-state index in [1.165, 1.54) is 11.1 Å². The van der Waals surface area contributed by atoms with Gasteiger partial charge in [-0.25, -0.2) is 8.42 Å². The van der Waals surface area contributed by atoms with E-state index < -0.39 is 9.84 Å². The van der Waals surface area contributed by atoms with E-state index in [4.69, 9.17) is 0 Å². The van der Waals surface area contributed by atoms with Gasteiger partial charge >= 0.3 is 0 Å². The largest absolute Gasteiger partial charge is 0.353 e. The van der Waals surface area contributed by atoms with Crippen molar-refractivity contribution in [2.75, 3.05) is 32.6 Å². The molecule has 0 saturated carbocycles. The standard InChI is InChI=1S/C16H26N4O2S/c1-17-16(19-15-8-9-23(21,22)12-15)18-10-13-6-4-5-7-14(13)11-20(2)3/h4-7,15H,8-12H2,1-3H3,(H2,17,18,19). The zero-order valence-electron chi connectivity index (χ0n) is 14.0. The first-order valence-electron chi connectivity index (χ1n) is 7.79. The zero-order chi connectivity index (χ0) is 16.9. The summed E-state index contributed by atoms with van der Waals surface area (Å²) < 4.78 is 23.1. The molecule has 0 amide bonds. The fourth-order valence-corrected chi connectivity index (χ4v) is 4.37. The summed E-state index contributed by atoms with van der Waals surface area (Å²) in [6, 6.07) is 8.23. The van der Waals surface area contributed by atoms with Gasteiger partial charge in [0.15, 0.2) is 15.8 Å². The summed E-state index contributed by atoms with van der Waals surface area (Å²) in [7, 11) is 2.91. The molecule has 0 bridgehead atoms. The molecule has 1 heterocycles. The van der Waals surface area contributed by atoms with Crippen LogP contribution in [0.25, 0.3) is 0 Å². The number of aliphatic imine (C=N–C) groups is 1. The molecule has 6 nitrogen and oxygen atoms in total. The minimum atomic E-state index is -2.89. The van der Waals surface area contributed by atoms with Crippen molar-refractivity contribution in [3.63, 3.8) is 0 Å². The molecule has 0 spiro atoms. The molecule has 0 aliphatic carbocycles. The molecule has 1 aliphatic rings. The van der Waals surface area contributed by atoms with E-state index in [9.17, 15) is 8.42 Å². The van der Waals surface area contributed by atoms with Gasteiger partial charge < -0.3 is 15.5 Å². The number of guanidine groups is 1. The van der Waals surface area contributed by atoms with Gasteiger partial charge in [-0.1, -0.05) is 24.3 Å². The van der Waals surface area contributed by atoms with Gasteiger partial charge in [0.2, 0.25) is 0 Å². The Kier molecular flexibility index (Phi) is 6.01. The third-order valence-corrected chi connectivity index (χ3v) is 5.62. The van der Waals surface area contributed by atoms with Crippen molar-refractivity contribution in [1.82, 2.24) is 15.5 Å². The third kappa shape index (κ3) is 5.51. The van der Waals surface area contributed by atoms with Crippen molar-refractivity contribution in [2.24, 2.45) is 4.99 Å². The second-order valence-electron chi connectivity index (χ2n) is 6.18. The number of hydrogen-bond donors (Lipinski definition) is 2. The molecule has 7 heteroatoms. The Hall–Kier alpha value is -1.60. The van der Waals surface area contributed by atoms with E-state index in [1.54, 1.807) is 7.05 Å². The minimum absolute atomic E-state index is 0.0526. The first-order valence-corrected chi connectivity index (χ1v) is 9.61. The number of hydrogen-bond acceptors (Lipinski definition) is 4. The maximum atomic E-state index is 11.5. The lowest BCUT2D eigenvalue weighted by molar-refractivity contribution is 0.400. The number of nitrogens with zero attached hydrogens (tertiary/aromatic N) is 2. The second-order valence-corrected chi connectivity index (χ2v) is 8.41. The van der Waals surface area contributed by atoms with Crippen molar-refractivity contribution < 1.29 is 8.42 Å². The maximum Gasteiger partial charge on any atom is 0.191 e. The SMILES string of the molecule is CN=C(NCc1ccccc1CN(C)C)NC1CCS(=O)(=O)C1. The van der Waals surface area contributed by atoms with Crippen LogP contribution in [0.5, 0.6) is 0 Å². The predicted octanol–water partition coefficient (Wildman–Crippen LogP) is 0.600. The fraction of sp³-hybridized carbons (Fsp3) is 0.562. The summed E-state index contributed by atoms with van der Waals surface area (Å²) in [5.74, 6) is 1.09. The molecule has 0 aromatic heterocycles. The van der Waals surface area contributed by atoms with Gasteiger partial charge in [0.1, 0.15) is 0 Å². The van der Waals surface area contributed by atoms with Gasteiger partial charge in [0, 0.05) is 26.2 Å². The van der Waals surface area contributed by atoms with Gasteiger partial charge in [0.05, 0.1) is 11.5 Å². The second kappa shape index (κ2) is 7.79. The van der Waals surface area contributed by atoms with Crippen LogP contribution < -0.4 is 10.6 Å². The van der Waals surface area contributed by atoms with Gasteiger partial charge in [-0.2, -0.15) is 0 Å². The molecule has 0 radical (unpaired) electrons. The minimum Gasteiger partial charge on any atom is -0.353 e.